The lowest BCUT2D eigenvalue weighted by atomic mass is 10.1. The van der Waals surface area contributed by atoms with Gasteiger partial charge in [-0.25, -0.2) is 4.98 Å². The minimum atomic E-state index is 0.109. The molecule has 0 bridgehead atoms. The second-order valence-corrected chi connectivity index (χ2v) is 5.55. The molecule has 3 aromatic rings. The largest absolute Gasteiger partial charge is 0.393 e. The van der Waals surface area contributed by atoms with E-state index in [1.54, 1.807) is 12.4 Å². The molecule has 0 spiro atoms. The van der Waals surface area contributed by atoms with Crippen LogP contribution in [-0.4, -0.2) is 19.5 Å². The molecule has 106 valence electrons. The number of rotatable bonds is 4. The molecule has 0 aliphatic carbocycles. The summed E-state index contributed by atoms with van der Waals surface area (Å²) in [6.07, 6.45) is 3.55. The second-order valence-electron chi connectivity index (χ2n) is 5.07. The van der Waals surface area contributed by atoms with Crippen LogP contribution in [0.3, 0.4) is 0 Å². The number of para-hydroxylation sites is 2. The van der Waals surface area contributed by atoms with E-state index in [0.29, 0.717) is 11.5 Å². The molecule has 0 saturated heterocycles. The molecular weight excluding hydrogens is 280 g/mol. The highest BCUT2D eigenvalue weighted by molar-refractivity contribution is 7.80. The Kier molecular flexibility index (Phi) is 3.66. The maximum Gasteiger partial charge on any atom is 0.141 e. The number of imidazole rings is 1. The van der Waals surface area contributed by atoms with Crippen LogP contribution < -0.4 is 5.73 Å². The van der Waals surface area contributed by atoms with Gasteiger partial charge < -0.3 is 10.3 Å². The van der Waals surface area contributed by atoms with Crippen LogP contribution in [0.2, 0.25) is 0 Å². The average molecular weight is 296 g/mol. The smallest absolute Gasteiger partial charge is 0.141 e. The van der Waals surface area contributed by atoms with Crippen molar-refractivity contribution in [3.63, 3.8) is 0 Å². The Labute approximate surface area is 128 Å². The summed E-state index contributed by atoms with van der Waals surface area (Å²) in [6, 6.07) is 12.0. The van der Waals surface area contributed by atoms with Gasteiger partial charge in [0.15, 0.2) is 0 Å². The number of aromatic nitrogens is 3. The van der Waals surface area contributed by atoms with Gasteiger partial charge in [0.1, 0.15) is 5.82 Å². The molecule has 2 aromatic heterocycles. The molecule has 0 fully saturated rings. The van der Waals surface area contributed by atoms with E-state index in [4.69, 9.17) is 22.9 Å². The lowest BCUT2D eigenvalue weighted by Gasteiger charge is -2.14. The van der Waals surface area contributed by atoms with Gasteiger partial charge in [0.2, 0.25) is 0 Å². The van der Waals surface area contributed by atoms with E-state index in [9.17, 15) is 0 Å². The first-order valence-corrected chi connectivity index (χ1v) is 7.22. The Morgan fingerprint density at radius 2 is 1.95 bits per heavy atom. The first-order chi connectivity index (χ1) is 10.2. The standard InChI is InChI=1S/C16H16N4S/c1-11(15(17)21)10-20-14-5-3-2-4-13(14)19-16(20)12-6-8-18-9-7-12/h2-9,11H,10H2,1H3,(H2,17,21). The van der Waals surface area contributed by atoms with Crippen LogP contribution in [-0.2, 0) is 6.54 Å². The van der Waals surface area contributed by atoms with Crippen LogP contribution in [0.1, 0.15) is 6.92 Å². The SMILES string of the molecule is CC(Cn1c(-c2ccncc2)nc2ccccc21)C(N)=S. The van der Waals surface area contributed by atoms with Crippen molar-refractivity contribution in [2.75, 3.05) is 0 Å². The summed E-state index contributed by atoms with van der Waals surface area (Å²) in [5.74, 6) is 1.03. The molecular formula is C16H16N4S. The van der Waals surface area contributed by atoms with Crippen molar-refractivity contribution < 1.29 is 0 Å². The molecule has 3 rings (SSSR count). The van der Waals surface area contributed by atoms with Gasteiger partial charge in [-0.1, -0.05) is 31.3 Å². The fraction of sp³-hybridized carbons (Fsp3) is 0.188. The minimum Gasteiger partial charge on any atom is -0.393 e. The van der Waals surface area contributed by atoms with Gasteiger partial charge in [0.05, 0.1) is 16.0 Å². The van der Waals surface area contributed by atoms with E-state index in [1.165, 1.54) is 0 Å². The summed E-state index contributed by atoms with van der Waals surface area (Å²) < 4.78 is 2.18. The molecule has 1 atom stereocenters. The molecule has 1 aromatic carbocycles. The third kappa shape index (κ3) is 2.64. The van der Waals surface area contributed by atoms with Gasteiger partial charge in [0, 0.05) is 30.4 Å². The number of nitrogens with zero attached hydrogens (tertiary/aromatic N) is 3. The van der Waals surface area contributed by atoms with Crippen LogP contribution in [0, 0.1) is 5.92 Å². The number of benzene rings is 1. The van der Waals surface area contributed by atoms with E-state index >= 15 is 0 Å². The predicted molar refractivity (Wildman–Crippen MR) is 88.9 cm³/mol. The van der Waals surface area contributed by atoms with Crippen molar-refractivity contribution in [3.8, 4) is 11.4 Å². The fourth-order valence-corrected chi connectivity index (χ4v) is 2.42. The molecule has 1 unspecified atom stereocenters. The number of fused-ring (bicyclic) bond motifs is 1. The van der Waals surface area contributed by atoms with Crippen molar-refractivity contribution >= 4 is 28.2 Å². The van der Waals surface area contributed by atoms with Crippen LogP contribution >= 0.6 is 12.2 Å². The molecule has 2 N–H and O–H groups in total. The number of hydrogen-bond donors (Lipinski definition) is 1. The topological polar surface area (TPSA) is 56.7 Å². The summed E-state index contributed by atoms with van der Waals surface area (Å²) in [6.45, 7) is 2.75. The second kappa shape index (κ2) is 5.61. The summed E-state index contributed by atoms with van der Waals surface area (Å²) in [5.41, 5.74) is 8.87. The minimum absolute atomic E-state index is 0.109. The lowest BCUT2D eigenvalue weighted by molar-refractivity contribution is 0.617. The Hall–Kier alpha value is -2.27. The molecule has 0 radical (unpaired) electrons. The van der Waals surface area contributed by atoms with E-state index < -0.39 is 0 Å². The normalized spacial score (nSPS) is 12.4. The van der Waals surface area contributed by atoms with Gasteiger partial charge in [-0.2, -0.15) is 0 Å². The highest BCUT2D eigenvalue weighted by atomic mass is 32.1. The predicted octanol–water partition coefficient (Wildman–Crippen LogP) is 3.02. The van der Waals surface area contributed by atoms with E-state index in [-0.39, 0.29) is 5.92 Å². The van der Waals surface area contributed by atoms with Crippen LogP contribution in [0.25, 0.3) is 22.4 Å². The third-order valence-electron chi connectivity index (χ3n) is 3.54. The van der Waals surface area contributed by atoms with E-state index in [0.717, 1.165) is 22.4 Å². The molecule has 0 amide bonds. The van der Waals surface area contributed by atoms with Gasteiger partial charge >= 0.3 is 0 Å². The molecule has 4 nitrogen and oxygen atoms in total. The van der Waals surface area contributed by atoms with Crippen LogP contribution in [0.4, 0.5) is 0 Å². The molecule has 5 heteroatoms. The fourth-order valence-electron chi connectivity index (χ4n) is 2.35. The summed E-state index contributed by atoms with van der Waals surface area (Å²) in [7, 11) is 0. The van der Waals surface area contributed by atoms with Crippen molar-refractivity contribution in [3.05, 3.63) is 48.8 Å². The average Bonchev–Trinajstić information content (AvgIpc) is 2.87. The number of pyridine rings is 1. The van der Waals surface area contributed by atoms with Gasteiger partial charge in [-0.15, -0.1) is 0 Å². The van der Waals surface area contributed by atoms with Crippen molar-refractivity contribution in [2.24, 2.45) is 11.7 Å². The summed E-state index contributed by atoms with van der Waals surface area (Å²) in [5, 5.41) is 0. The molecule has 2 heterocycles. The molecule has 0 aliphatic heterocycles. The highest BCUT2D eigenvalue weighted by Gasteiger charge is 2.15. The lowest BCUT2D eigenvalue weighted by Crippen LogP contribution is -2.23. The Bertz CT molecular complexity index is 779. The Morgan fingerprint density at radius 1 is 1.24 bits per heavy atom. The van der Waals surface area contributed by atoms with E-state index in [2.05, 4.69) is 15.6 Å². The highest BCUT2D eigenvalue weighted by Crippen LogP contribution is 2.25. The number of nitrogens with two attached hydrogens (primary N) is 1. The molecule has 0 aliphatic rings. The maximum atomic E-state index is 5.77. The van der Waals surface area contributed by atoms with Crippen molar-refractivity contribution in [1.29, 1.82) is 0 Å². The van der Waals surface area contributed by atoms with Crippen molar-refractivity contribution in [1.82, 2.24) is 14.5 Å². The number of hydrogen-bond acceptors (Lipinski definition) is 3. The molecule has 0 saturated carbocycles. The maximum absolute atomic E-state index is 5.77. The molecule has 21 heavy (non-hydrogen) atoms. The van der Waals surface area contributed by atoms with Crippen LogP contribution in [0.15, 0.2) is 48.8 Å². The number of thiocarbonyl (C=S) groups is 1. The van der Waals surface area contributed by atoms with Gasteiger partial charge in [0.25, 0.3) is 0 Å². The monoisotopic (exact) mass is 296 g/mol. The zero-order valence-electron chi connectivity index (χ0n) is 11.7. The van der Waals surface area contributed by atoms with Gasteiger partial charge in [-0.3, -0.25) is 4.98 Å². The first kappa shape index (κ1) is 13.7. The first-order valence-electron chi connectivity index (χ1n) is 6.82. The Morgan fingerprint density at radius 3 is 2.67 bits per heavy atom. The summed E-state index contributed by atoms with van der Waals surface area (Å²) >= 11 is 5.11. The summed E-state index contributed by atoms with van der Waals surface area (Å²) in [4.78, 5) is 9.33. The van der Waals surface area contributed by atoms with Gasteiger partial charge in [-0.05, 0) is 24.3 Å². The Balaban J connectivity index is 2.17. The zero-order valence-corrected chi connectivity index (χ0v) is 12.5. The van der Waals surface area contributed by atoms with Crippen molar-refractivity contribution in [2.45, 2.75) is 13.5 Å². The third-order valence-corrected chi connectivity index (χ3v) is 3.94. The van der Waals surface area contributed by atoms with Crippen LogP contribution in [0.5, 0.6) is 0 Å². The zero-order chi connectivity index (χ0) is 14.8. The quantitative estimate of drug-likeness (QED) is 0.752. The van der Waals surface area contributed by atoms with E-state index in [1.807, 2.05) is 37.3 Å².